The molecular weight excluding hydrogens is 444 g/mol. The van der Waals surface area contributed by atoms with Crippen molar-refractivity contribution in [3.63, 3.8) is 0 Å². The number of non-ortho nitro benzene ring substituents is 1. The number of ether oxygens (including phenoxy) is 4. The first kappa shape index (κ1) is 25.7. The van der Waals surface area contributed by atoms with Gasteiger partial charge >= 0.3 is 17.9 Å². The smallest absolute Gasteiger partial charge is 0.303 e. The van der Waals surface area contributed by atoms with E-state index in [0.29, 0.717) is 0 Å². The zero-order valence-electron chi connectivity index (χ0n) is 18.3. The monoisotopic (exact) mass is 467 g/mol. The van der Waals surface area contributed by atoms with Crippen LogP contribution >= 0.6 is 0 Å². The van der Waals surface area contributed by atoms with Crippen molar-refractivity contribution in [2.45, 2.75) is 58.3 Å². The van der Waals surface area contributed by atoms with Gasteiger partial charge in [-0.15, -0.1) is 0 Å². The molecule has 0 unspecified atom stereocenters. The van der Waals surface area contributed by atoms with Crippen LogP contribution in [0.2, 0.25) is 0 Å². The van der Waals surface area contributed by atoms with Gasteiger partial charge in [-0.05, 0) is 12.1 Å². The number of carbonyl (C=O) groups is 4. The van der Waals surface area contributed by atoms with Crippen LogP contribution in [0.25, 0.3) is 0 Å². The van der Waals surface area contributed by atoms with Crippen molar-refractivity contribution in [1.29, 1.82) is 0 Å². The van der Waals surface area contributed by atoms with E-state index in [4.69, 9.17) is 18.9 Å². The van der Waals surface area contributed by atoms with Gasteiger partial charge in [-0.2, -0.15) is 0 Å². The minimum atomic E-state index is -2.03. The Morgan fingerprint density at radius 3 is 1.97 bits per heavy atom. The topological polar surface area (TPSA) is 175 Å². The van der Waals surface area contributed by atoms with E-state index in [1.807, 2.05) is 0 Å². The number of carbonyl (C=O) groups excluding carboxylic acids is 4. The van der Waals surface area contributed by atoms with Gasteiger partial charge in [0.05, 0.1) is 4.92 Å². The van der Waals surface area contributed by atoms with Crippen molar-refractivity contribution < 1.29 is 48.2 Å². The first-order valence-corrected chi connectivity index (χ1v) is 9.75. The van der Waals surface area contributed by atoms with E-state index >= 15 is 0 Å². The van der Waals surface area contributed by atoms with E-state index in [9.17, 15) is 34.4 Å². The Labute approximate surface area is 188 Å². The summed E-state index contributed by atoms with van der Waals surface area (Å²) in [5.41, 5.74) is -0.106. The number of nitrogens with zero attached hydrogens (tertiary/aromatic N) is 2. The van der Waals surface area contributed by atoms with E-state index in [2.05, 4.69) is 0 Å². The molecule has 0 bridgehead atoms. The van der Waals surface area contributed by atoms with Gasteiger partial charge in [0.15, 0.2) is 12.2 Å². The standard InChI is InChI=1S/C20H23N2O11/c1-10(23)21(14-5-7-15(8-6-14)22(28)29)17-16(9-30-11(2)24)33-20(27)19(32-13(4)26)18(17)31-12(3)25/h5-8,16-20H,9H2,1-4H3/q-1/t16-,17+,18+,19-,20-/m1/s1. The highest BCUT2D eigenvalue weighted by Crippen LogP contribution is 2.32. The summed E-state index contributed by atoms with van der Waals surface area (Å²) >= 11 is 0. The van der Waals surface area contributed by atoms with Crippen LogP contribution in [-0.4, -0.2) is 66.0 Å². The third-order valence-corrected chi connectivity index (χ3v) is 4.65. The van der Waals surface area contributed by atoms with E-state index < -0.39 is 66.0 Å². The normalized spacial score (nSPS) is 24.3. The zero-order valence-corrected chi connectivity index (χ0v) is 18.3. The first-order valence-electron chi connectivity index (χ1n) is 9.75. The number of anilines is 1. The van der Waals surface area contributed by atoms with Crippen LogP contribution in [-0.2, 0) is 38.1 Å². The highest BCUT2D eigenvalue weighted by atomic mass is 16.7. The second kappa shape index (κ2) is 10.8. The Hall–Kier alpha value is -3.58. The van der Waals surface area contributed by atoms with E-state index in [1.54, 1.807) is 0 Å². The average molecular weight is 467 g/mol. The molecule has 0 radical (unpaired) electrons. The molecule has 2 rings (SSSR count). The van der Waals surface area contributed by atoms with Crippen molar-refractivity contribution in [2.24, 2.45) is 0 Å². The van der Waals surface area contributed by atoms with E-state index in [-0.39, 0.29) is 11.4 Å². The third-order valence-electron chi connectivity index (χ3n) is 4.65. The Balaban J connectivity index is 2.61. The van der Waals surface area contributed by atoms with Gasteiger partial charge in [0.2, 0.25) is 5.91 Å². The third kappa shape index (κ3) is 6.46. The number of benzene rings is 1. The number of nitro groups is 1. The summed E-state index contributed by atoms with van der Waals surface area (Å²) in [5.74, 6) is -3.01. The SMILES string of the molecule is CC(=O)OC[C@H]1O[C@@H]([O-])[C@H](OC(C)=O)[C@@H](OC(C)=O)[C@H]1N(C(C)=O)c1ccc([N+](=O)[O-])cc1. The average Bonchev–Trinajstić information content (AvgIpc) is 2.70. The number of amides is 1. The lowest BCUT2D eigenvalue weighted by molar-refractivity contribution is -0.527. The lowest BCUT2D eigenvalue weighted by Gasteiger charge is -2.50. The summed E-state index contributed by atoms with van der Waals surface area (Å²) in [6.45, 7) is 3.90. The minimum Gasteiger partial charge on any atom is -0.828 e. The van der Waals surface area contributed by atoms with Crippen LogP contribution in [0, 0.1) is 10.1 Å². The predicted octanol–water partition coefficient (Wildman–Crippen LogP) is -0.172. The maximum atomic E-state index is 12.7. The van der Waals surface area contributed by atoms with Crippen molar-refractivity contribution in [2.75, 3.05) is 11.5 Å². The Bertz CT molecular complexity index is 917. The van der Waals surface area contributed by atoms with Crippen molar-refractivity contribution in [3.05, 3.63) is 34.4 Å². The van der Waals surface area contributed by atoms with Gasteiger partial charge in [-0.25, -0.2) is 0 Å². The fourth-order valence-electron chi connectivity index (χ4n) is 3.48. The molecule has 1 aromatic rings. The molecule has 5 atom stereocenters. The van der Waals surface area contributed by atoms with Gasteiger partial charge < -0.3 is 29.0 Å². The molecule has 1 saturated heterocycles. The molecule has 1 aliphatic rings. The van der Waals surface area contributed by atoms with Gasteiger partial charge in [0.1, 0.15) is 18.8 Å². The molecule has 180 valence electrons. The largest absolute Gasteiger partial charge is 0.828 e. The minimum absolute atomic E-state index is 0.137. The molecular formula is C20H23N2O11-. The number of nitro benzene ring substituents is 1. The molecule has 1 amide bonds. The van der Waals surface area contributed by atoms with Crippen LogP contribution in [0.15, 0.2) is 24.3 Å². The number of rotatable bonds is 7. The molecule has 0 N–H and O–H groups in total. The van der Waals surface area contributed by atoms with Crippen LogP contribution in [0.4, 0.5) is 11.4 Å². The zero-order chi connectivity index (χ0) is 24.9. The Kier molecular flexibility index (Phi) is 8.43. The molecule has 0 saturated carbocycles. The lowest BCUT2D eigenvalue weighted by Crippen LogP contribution is -2.69. The Morgan fingerprint density at radius 2 is 1.52 bits per heavy atom. The molecule has 1 aliphatic heterocycles. The molecule has 1 aromatic carbocycles. The quantitative estimate of drug-likeness (QED) is 0.225. The first-order chi connectivity index (χ1) is 15.4. The van der Waals surface area contributed by atoms with Crippen molar-refractivity contribution in [1.82, 2.24) is 0 Å². The van der Waals surface area contributed by atoms with Gasteiger partial charge in [-0.1, -0.05) is 0 Å². The Morgan fingerprint density at radius 1 is 0.970 bits per heavy atom. The van der Waals surface area contributed by atoms with Crippen LogP contribution in [0.1, 0.15) is 27.7 Å². The lowest BCUT2D eigenvalue weighted by atomic mass is 9.93. The second-order valence-electron chi connectivity index (χ2n) is 7.15. The van der Waals surface area contributed by atoms with Crippen molar-refractivity contribution in [3.8, 4) is 0 Å². The maximum absolute atomic E-state index is 12.7. The summed E-state index contributed by atoms with van der Waals surface area (Å²) in [5, 5.41) is 23.6. The molecule has 0 aromatic heterocycles. The summed E-state index contributed by atoms with van der Waals surface area (Å²) in [7, 11) is 0. The van der Waals surface area contributed by atoms with Gasteiger partial charge in [0.25, 0.3) is 5.69 Å². The fourth-order valence-corrected chi connectivity index (χ4v) is 3.48. The maximum Gasteiger partial charge on any atom is 0.303 e. The number of hydrogen-bond acceptors (Lipinski definition) is 11. The molecule has 33 heavy (non-hydrogen) atoms. The van der Waals surface area contributed by atoms with Gasteiger partial charge in [0, 0.05) is 51.8 Å². The highest BCUT2D eigenvalue weighted by molar-refractivity contribution is 5.92. The fraction of sp³-hybridized carbons (Fsp3) is 0.500. The summed E-state index contributed by atoms with van der Waals surface area (Å²) < 4.78 is 20.7. The molecule has 0 spiro atoms. The highest BCUT2D eigenvalue weighted by Gasteiger charge is 2.50. The number of esters is 3. The number of hydrogen-bond donors (Lipinski definition) is 0. The predicted molar refractivity (Wildman–Crippen MR) is 106 cm³/mol. The van der Waals surface area contributed by atoms with Crippen LogP contribution in [0.3, 0.4) is 0 Å². The van der Waals surface area contributed by atoms with Crippen LogP contribution in [0.5, 0.6) is 0 Å². The van der Waals surface area contributed by atoms with Crippen molar-refractivity contribution >= 4 is 35.2 Å². The molecule has 1 fully saturated rings. The van der Waals surface area contributed by atoms with Crippen LogP contribution < -0.4 is 10.0 Å². The molecule has 13 nitrogen and oxygen atoms in total. The molecule has 0 aliphatic carbocycles. The summed E-state index contributed by atoms with van der Waals surface area (Å²) in [6.07, 6.45) is -6.44. The van der Waals surface area contributed by atoms with E-state index in [0.717, 1.165) is 37.8 Å². The van der Waals surface area contributed by atoms with E-state index in [1.165, 1.54) is 19.1 Å². The molecule has 13 heteroatoms. The second-order valence-corrected chi connectivity index (χ2v) is 7.15. The summed E-state index contributed by atoms with van der Waals surface area (Å²) in [6, 6.07) is 3.56. The molecule has 1 heterocycles. The summed E-state index contributed by atoms with van der Waals surface area (Å²) in [4.78, 5) is 58.9. The van der Waals surface area contributed by atoms with Gasteiger partial charge in [-0.3, -0.25) is 29.3 Å².